The first-order valence-corrected chi connectivity index (χ1v) is 6.12. The number of nitrogens with zero attached hydrogens (tertiary/aromatic N) is 1. The largest absolute Gasteiger partial charge is 0.496 e. The van der Waals surface area contributed by atoms with E-state index in [1.165, 1.54) is 0 Å². The van der Waals surface area contributed by atoms with Gasteiger partial charge in [0.15, 0.2) is 0 Å². The van der Waals surface area contributed by atoms with Crippen molar-refractivity contribution in [1.29, 1.82) is 0 Å². The number of hydrogen-bond donors (Lipinski definition) is 2. The van der Waals surface area contributed by atoms with Crippen LogP contribution in [0.25, 0.3) is 0 Å². The quantitative estimate of drug-likeness (QED) is 0.802. The minimum absolute atomic E-state index is 0.475. The van der Waals surface area contributed by atoms with Crippen LogP contribution in [-0.2, 0) is 13.1 Å². The summed E-state index contributed by atoms with van der Waals surface area (Å²) in [4.78, 5) is 2.08. The van der Waals surface area contributed by atoms with Gasteiger partial charge in [0, 0.05) is 25.2 Å². The highest BCUT2D eigenvalue weighted by molar-refractivity contribution is 5.37. The van der Waals surface area contributed by atoms with Crippen LogP contribution in [0.4, 0.5) is 0 Å². The lowest BCUT2D eigenvalue weighted by Crippen LogP contribution is -2.35. The summed E-state index contributed by atoms with van der Waals surface area (Å²) in [6.45, 7) is 5.48. The zero-order valence-electron chi connectivity index (χ0n) is 11.7. The van der Waals surface area contributed by atoms with Crippen LogP contribution in [0, 0.1) is 0 Å². The maximum atomic E-state index is 9.77. The monoisotopic (exact) mass is 252 g/mol. The minimum atomic E-state index is -0.684. The molecule has 18 heavy (non-hydrogen) atoms. The number of benzene rings is 1. The van der Waals surface area contributed by atoms with Gasteiger partial charge in [-0.05, 0) is 32.5 Å². The molecule has 0 aliphatic heterocycles. The van der Waals surface area contributed by atoms with Crippen molar-refractivity contribution < 1.29 is 9.84 Å². The molecule has 4 heteroatoms. The highest BCUT2D eigenvalue weighted by Gasteiger charge is 2.15. The second kappa shape index (κ2) is 6.18. The van der Waals surface area contributed by atoms with Crippen molar-refractivity contribution in [3.05, 3.63) is 29.3 Å². The molecule has 0 saturated carbocycles. The highest BCUT2D eigenvalue weighted by Crippen LogP contribution is 2.20. The van der Waals surface area contributed by atoms with Gasteiger partial charge in [-0.15, -0.1) is 0 Å². The molecule has 0 bridgehead atoms. The lowest BCUT2D eigenvalue weighted by atomic mass is 10.1. The normalized spacial score (nSPS) is 11.9. The van der Waals surface area contributed by atoms with Gasteiger partial charge in [-0.2, -0.15) is 0 Å². The third-order valence-corrected chi connectivity index (χ3v) is 2.68. The summed E-state index contributed by atoms with van der Waals surface area (Å²) in [6.07, 6.45) is 0. The van der Waals surface area contributed by atoms with Crippen LogP contribution in [0.3, 0.4) is 0 Å². The SMILES string of the molecule is COc1cc(CN(C)CC(C)(C)O)ccc1CN. The van der Waals surface area contributed by atoms with E-state index in [1.807, 2.05) is 39.1 Å². The number of hydrogen-bond acceptors (Lipinski definition) is 4. The van der Waals surface area contributed by atoms with E-state index in [-0.39, 0.29) is 0 Å². The number of nitrogens with two attached hydrogens (primary N) is 1. The molecule has 0 saturated heterocycles. The summed E-state index contributed by atoms with van der Waals surface area (Å²) in [7, 11) is 3.64. The molecule has 4 nitrogen and oxygen atoms in total. The fraction of sp³-hybridized carbons (Fsp3) is 0.571. The van der Waals surface area contributed by atoms with Crippen molar-refractivity contribution in [2.45, 2.75) is 32.5 Å². The first kappa shape index (κ1) is 15.0. The van der Waals surface area contributed by atoms with Crippen molar-refractivity contribution in [1.82, 2.24) is 4.90 Å². The molecule has 0 unspecified atom stereocenters. The van der Waals surface area contributed by atoms with Crippen molar-refractivity contribution in [2.75, 3.05) is 20.7 Å². The summed E-state index contributed by atoms with van der Waals surface area (Å²) < 4.78 is 5.31. The van der Waals surface area contributed by atoms with E-state index in [0.717, 1.165) is 23.4 Å². The third-order valence-electron chi connectivity index (χ3n) is 2.68. The number of ether oxygens (including phenoxy) is 1. The maximum Gasteiger partial charge on any atom is 0.123 e. The second-order valence-electron chi connectivity index (χ2n) is 5.34. The molecule has 0 aliphatic rings. The first-order valence-electron chi connectivity index (χ1n) is 6.12. The zero-order chi connectivity index (χ0) is 13.8. The van der Waals surface area contributed by atoms with E-state index in [2.05, 4.69) is 4.90 Å². The Morgan fingerprint density at radius 2 is 2.06 bits per heavy atom. The van der Waals surface area contributed by atoms with Gasteiger partial charge in [-0.3, -0.25) is 4.90 Å². The number of rotatable bonds is 6. The molecule has 102 valence electrons. The molecule has 0 heterocycles. The molecule has 0 aromatic heterocycles. The van der Waals surface area contributed by atoms with E-state index in [1.54, 1.807) is 7.11 Å². The Balaban J connectivity index is 2.73. The third kappa shape index (κ3) is 4.64. The van der Waals surface area contributed by atoms with Crippen LogP contribution < -0.4 is 10.5 Å². The molecule has 0 fully saturated rings. The highest BCUT2D eigenvalue weighted by atomic mass is 16.5. The Bertz CT molecular complexity index is 386. The van der Waals surface area contributed by atoms with E-state index in [0.29, 0.717) is 13.1 Å². The van der Waals surface area contributed by atoms with Gasteiger partial charge in [0.2, 0.25) is 0 Å². The fourth-order valence-electron chi connectivity index (χ4n) is 2.08. The predicted octanol–water partition coefficient (Wildman–Crippen LogP) is 1.36. The van der Waals surface area contributed by atoms with Crippen LogP contribution in [0.1, 0.15) is 25.0 Å². The van der Waals surface area contributed by atoms with Crippen LogP contribution >= 0.6 is 0 Å². The van der Waals surface area contributed by atoms with Crippen molar-refractivity contribution >= 4 is 0 Å². The molecule has 0 radical (unpaired) electrons. The summed E-state index contributed by atoms with van der Waals surface area (Å²) in [5, 5.41) is 9.77. The van der Waals surface area contributed by atoms with Gasteiger partial charge >= 0.3 is 0 Å². The Morgan fingerprint density at radius 3 is 2.56 bits per heavy atom. The molecule has 0 aliphatic carbocycles. The van der Waals surface area contributed by atoms with Crippen LogP contribution in [-0.4, -0.2) is 36.3 Å². The number of aliphatic hydroxyl groups is 1. The minimum Gasteiger partial charge on any atom is -0.496 e. The van der Waals surface area contributed by atoms with Crippen LogP contribution in [0.5, 0.6) is 5.75 Å². The van der Waals surface area contributed by atoms with Crippen molar-refractivity contribution in [3.8, 4) is 5.75 Å². The van der Waals surface area contributed by atoms with Gasteiger partial charge in [0.25, 0.3) is 0 Å². The molecular formula is C14H24N2O2. The Morgan fingerprint density at radius 1 is 1.39 bits per heavy atom. The molecule has 3 N–H and O–H groups in total. The van der Waals surface area contributed by atoms with E-state index >= 15 is 0 Å². The van der Waals surface area contributed by atoms with Crippen LogP contribution in [0.2, 0.25) is 0 Å². The predicted molar refractivity (Wildman–Crippen MR) is 73.5 cm³/mol. The van der Waals surface area contributed by atoms with Gasteiger partial charge in [-0.25, -0.2) is 0 Å². The standard InChI is InChI=1S/C14H24N2O2/c1-14(2,17)10-16(3)9-11-5-6-12(8-15)13(7-11)18-4/h5-7,17H,8-10,15H2,1-4H3. The van der Waals surface area contributed by atoms with Crippen molar-refractivity contribution in [3.63, 3.8) is 0 Å². The summed E-state index contributed by atoms with van der Waals surface area (Å²) in [6, 6.07) is 6.04. The van der Waals surface area contributed by atoms with Crippen molar-refractivity contribution in [2.24, 2.45) is 5.73 Å². The Hall–Kier alpha value is -1.10. The topological polar surface area (TPSA) is 58.7 Å². The van der Waals surface area contributed by atoms with Gasteiger partial charge in [-0.1, -0.05) is 12.1 Å². The molecule has 0 amide bonds. The molecule has 1 aromatic rings. The molecule has 0 spiro atoms. The van der Waals surface area contributed by atoms with E-state index in [9.17, 15) is 5.11 Å². The average molecular weight is 252 g/mol. The summed E-state index contributed by atoms with van der Waals surface area (Å²) >= 11 is 0. The van der Waals surface area contributed by atoms with E-state index in [4.69, 9.17) is 10.5 Å². The summed E-state index contributed by atoms with van der Waals surface area (Å²) in [5.41, 5.74) is 7.11. The number of methoxy groups -OCH3 is 1. The molecule has 1 aromatic carbocycles. The lowest BCUT2D eigenvalue weighted by Gasteiger charge is -2.25. The lowest BCUT2D eigenvalue weighted by molar-refractivity contribution is 0.0425. The average Bonchev–Trinajstić information content (AvgIpc) is 2.26. The van der Waals surface area contributed by atoms with Gasteiger partial charge in [0.1, 0.15) is 5.75 Å². The maximum absolute atomic E-state index is 9.77. The Labute approximate surface area is 109 Å². The smallest absolute Gasteiger partial charge is 0.123 e. The molecule has 0 atom stereocenters. The van der Waals surface area contributed by atoms with Crippen LogP contribution in [0.15, 0.2) is 18.2 Å². The molecule has 1 rings (SSSR count). The van der Waals surface area contributed by atoms with Gasteiger partial charge < -0.3 is 15.6 Å². The second-order valence-corrected chi connectivity index (χ2v) is 5.34. The zero-order valence-corrected chi connectivity index (χ0v) is 11.7. The Kier molecular flexibility index (Phi) is 5.14. The molecular weight excluding hydrogens is 228 g/mol. The summed E-state index contributed by atoms with van der Waals surface area (Å²) in [5.74, 6) is 0.826. The first-order chi connectivity index (χ1) is 8.35. The van der Waals surface area contributed by atoms with E-state index < -0.39 is 5.60 Å². The fourth-order valence-corrected chi connectivity index (χ4v) is 2.08. The van der Waals surface area contributed by atoms with Gasteiger partial charge in [0.05, 0.1) is 12.7 Å². The number of likely N-dealkylation sites (N-methyl/N-ethyl adjacent to an activating group) is 1.